The van der Waals surface area contributed by atoms with Gasteiger partial charge in [0.15, 0.2) is 11.6 Å². The van der Waals surface area contributed by atoms with Gasteiger partial charge in [0.25, 0.3) is 5.91 Å². The van der Waals surface area contributed by atoms with Crippen molar-refractivity contribution < 1.29 is 34.5 Å². The molecule has 0 saturated heterocycles. The summed E-state index contributed by atoms with van der Waals surface area (Å²) < 4.78 is 0. The van der Waals surface area contributed by atoms with Crippen LogP contribution in [-0.2, 0) is 19.2 Å². The molecule has 0 aromatic heterocycles. The minimum absolute atomic E-state index is 0.0871. The van der Waals surface area contributed by atoms with Gasteiger partial charge in [-0.2, -0.15) is 0 Å². The van der Waals surface area contributed by atoms with Crippen LogP contribution in [0.25, 0.3) is 0 Å². The van der Waals surface area contributed by atoms with Gasteiger partial charge in [-0.3, -0.25) is 19.2 Å². The van der Waals surface area contributed by atoms with Crippen LogP contribution in [0.3, 0.4) is 0 Å². The molecule has 0 spiro atoms. The predicted molar refractivity (Wildman–Crippen MR) is 139 cm³/mol. The zero-order valence-electron chi connectivity index (χ0n) is 21.5. The minimum atomic E-state index is -1.89. The molecule has 1 unspecified atom stereocenters. The van der Waals surface area contributed by atoms with Gasteiger partial charge in [-0.1, -0.05) is 57.1 Å². The van der Waals surface area contributed by atoms with Gasteiger partial charge in [0.05, 0.1) is 11.8 Å². The first kappa shape index (κ1) is 29.7. The Labute approximate surface area is 217 Å². The van der Waals surface area contributed by atoms with Crippen LogP contribution in [0.2, 0.25) is 0 Å². The quantitative estimate of drug-likeness (QED) is 0.211. The molecule has 0 aliphatic heterocycles. The average molecular weight is 513 g/mol. The van der Waals surface area contributed by atoms with E-state index in [1.165, 1.54) is 30.4 Å². The van der Waals surface area contributed by atoms with Crippen LogP contribution in [0.4, 0.5) is 0 Å². The number of Topliss-reactive ketones (excluding diaryl/α,β-unsaturated/α-hetero) is 2. The van der Waals surface area contributed by atoms with E-state index in [1.54, 1.807) is 6.92 Å². The van der Waals surface area contributed by atoms with E-state index in [-0.39, 0.29) is 48.1 Å². The Morgan fingerprint density at radius 2 is 1.84 bits per heavy atom. The maximum atomic E-state index is 12.6. The number of aliphatic hydroxyl groups excluding tert-OH is 2. The van der Waals surface area contributed by atoms with E-state index in [2.05, 4.69) is 17.6 Å². The third-order valence-electron chi connectivity index (χ3n) is 6.09. The van der Waals surface area contributed by atoms with Crippen LogP contribution in [0.1, 0.15) is 59.3 Å². The Balaban J connectivity index is 2.01. The maximum Gasteiger partial charge on any atom is 0.251 e. The summed E-state index contributed by atoms with van der Waals surface area (Å²) in [6.07, 6.45) is 12.8. The highest BCUT2D eigenvalue weighted by Crippen LogP contribution is 2.26. The zero-order valence-corrected chi connectivity index (χ0v) is 21.5. The van der Waals surface area contributed by atoms with Crippen LogP contribution in [0.5, 0.6) is 0 Å². The third kappa shape index (κ3) is 8.80. The highest BCUT2D eigenvalue weighted by atomic mass is 16.3. The molecule has 9 heteroatoms. The Kier molecular flexibility index (Phi) is 11.0. The Hall–Kier alpha value is -3.56. The summed E-state index contributed by atoms with van der Waals surface area (Å²) >= 11 is 0. The largest absolute Gasteiger partial charge is 0.510 e. The molecule has 0 saturated carbocycles. The van der Waals surface area contributed by atoms with Gasteiger partial charge in [0, 0.05) is 30.9 Å². The SMILES string of the molecule is CCCCC(C)/C=C(\C)C(=O)NC1=C[C@@](O)(/C=C/C=C/C=C/C(=O)NC2=C(O)CCC2=O)[C@H](O)CC1=O. The van der Waals surface area contributed by atoms with Crippen LogP contribution >= 0.6 is 0 Å². The average Bonchev–Trinajstić information content (AvgIpc) is 3.15. The fraction of sp³-hybridized carbons (Fsp3) is 0.429. The Morgan fingerprint density at radius 3 is 2.49 bits per heavy atom. The molecule has 2 amide bonds. The molecule has 200 valence electrons. The fourth-order valence-corrected chi connectivity index (χ4v) is 3.89. The van der Waals surface area contributed by atoms with Crippen molar-refractivity contribution in [1.29, 1.82) is 0 Å². The minimum Gasteiger partial charge on any atom is -0.510 e. The highest BCUT2D eigenvalue weighted by molar-refractivity contribution is 6.04. The molecule has 0 bridgehead atoms. The van der Waals surface area contributed by atoms with Crippen LogP contribution in [0, 0.1) is 5.92 Å². The fourth-order valence-electron chi connectivity index (χ4n) is 3.89. The van der Waals surface area contributed by atoms with Gasteiger partial charge in [0.2, 0.25) is 5.91 Å². The summed E-state index contributed by atoms with van der Waals surface area (Å²) in [4.78, 5) is 48.4. The van der Waals surface area contributed by atoms with Crippen molar-refractivity contribution in [2.45, 2.75) is 71.0 Å². The van der Waals surface area contributed by atoms with E-state index in [4.69, 9.17) is 0 Å². The molecule has 9 nitrogen and oxygen atoms in total. The molecule has 37 heavy (non-hydrogen) atoms. The van der Waals surface area contributed by atoms with Crippen LogP contribution < -0.4 is 10.6 Å². The standard InChI is InChI=1S/C28H36N2O7/c1-4-5-10-18(2)15-19(3)27(36)29-20-17-28(37,24(34)16-23(20)33)14-9-7-6-8-11-25(35)30-26-21(31)12-13-22(26)32/h6-9,11,14-15,17-18,24,31,34,37H,4-5,10,12-13,16H2,1-3H3,(H,29,36)(H,30,35)/b7-6+,11-8+,14-9+,19-15+/t18?,24-,28+/m1/s1. The first-order chi connectivity index (χ1) is 17.5. The molecule has 0 aromatic carbocycles. The van der Waals surface area contributed by atoms with E-state index < -0.39 is 29.3 Å². The summed E-state index contributed by atoms with van der Waals surface area (Å²) in [7, 11) is 0. The normalized spacial score (nSPS) is 23.9. The van der Waals surface area contributed by atoms with Gasteiger partial charge in [-0.05, 0) is 31.4 Å². The second-order valence-corrected chi connectivity index (χ2v) is 9.35. The van der Waals surface area contributed by atoms with Crippen molar-refractivity contribution in [2.24, 2.45) is 5.92 Å². The lowest BCUT2D eigenvalue weighted by atomic mass is 9.85. The lowest BCUT2D eigenvalue weighted by Crippen LogP contribution is -2.46. The number of ketones is 2. The first-order valence-electron chi connectivity index (χ1n) is 12.4. The number of allylic oxidation sites excluding steroid dienone is 8. The van der Waals surface area contributed by atoms with E-state index in [1.807, 2.05) is 13.0 Å². The van der Waals surface area contributed by atoms with Crippen LogP contribution in [0.15, 0.2) is 71.3 Å². The number of unbranched alkanes of at least 4 members (excludes halogenated alkanes) is 1. The lowest BCUT2D eigenvalue weighted by molar-refractivity contribution is -0.125. The molecule has 5 N–H and O–H groups in total. The van der Waals surface area contributed by atoms with Gasteiger partial charge >= 0.3 is 0 Å². The second kappa shape index (κ2) is 13.7. The molecule has 2 rings (SSSR count). The second-order valence-electron chi connectivity index (χ2n) is 9.35. The zero-order chi connectivity index (χ0) is 27.6. The van der Waals surface area contributed by atoms with Crippen molar-refractivity contribution in [2.75, 3.05) is 0 Å². The van der Waals surface area contributed by atoms with Gasteiger partial charge in [0.1, 0.15) is 17.1 Å². The summed E-state index contributed by atoms with van der Waals surface area (Å²) in [5.41, 5.74) is -1.60. The van der Waals surface area contributed by atoms with Gasteiger partial charge in [-0.15, -0.1) is 0 Å². The topological polar surface area (TPSA) is 153 Å². The Bertz CT molecular complexity index is 1090. The monoisotopic (exact) mass is 512 g/mol. The molecule has 0 heterocycles. The molecule has 0 radical (unpaired) electrons. The van der Waals surface area contributed by atoms with Crippen molar-refractivity contribution in [3.05, 3.63) is 71.3 Å². The number of carbonyl (C=O) groups is 4. The molecule has 2 aliphatic carbocycles. The summed E-state index contributed by atoms with van der Waals surface area (Å²) in [5.74, 6) is -1.77. The van der Waals surface area contributed by atoms with Crippen molar-refractivity contribution in [1.82, 2.24) is 10.6 Å². The van der Waals surface area contributed by atoms with E-state index in [9.17, 15) is 34.5 Å². The number of nitrogens with one attached hydrogen (secondary N) is 2. The van der Waals surface area contributed by atoms with E-state index in [0.717, 1.165) is 31.4 Å². The summed E-state index contributed by atoms with van der Waals surface area (Å²) in [5, 5.41) is 35.6. The molecule has 2 aliphatic rings. The summed E-state index contributed by atoms with van der Waals surface area (Å²) in [6, 6.07) is 0. The number of rotatable bonds is 11. The number of carbonyl (C=O) groups excluding carboxylic acids is 4. The Morgan fingerprint density at radius 1 is 1.14 bits per heavy atom. The first-order valence-corrected chi connectivity index (χ1v) is 12.4. The maximum absolute atomic E-state index is 12.6. The third-order valence-corrected chi connectivity index (χ3v) is 6.09. The predicted octanol–water partition coefficient (Wildman–Crippen LogP) is 2.74. The smallest absolute Gasteiger partial charge is 0.251 e. The van der Waals surface area contributed by atoms with Gasteiger partial charge in [-0.25, -0.2) is 0 Å². The van der Waals surface area contributed by atoms with Crippen molar-refractivity contribution in [3.8, 4) is 0 Å². The molecule has 3 atom stereocenters. The highest BCUT2D eigenvalue weighted by Gasteiger charge is 2.39. The number of amides is 2. The number of hydrogen-bond donors (Lipinski definition) is 5. The van der Waals surface area contributed by atoms with E-state index in [0.29, 0.717) is 5.57 Å². The van der Waals surface area contributed by atoms with Gasteiger partial charge < -0.3 is 26.0 Å². The number of aliphatic hydroxyl groups is 3. The lowest BCUT2D eigenvalue weighted by Gasteiger charge is -2.31. The van der Waals surface area contributed by atoms with E-state index >= 15 is 0 Å². The van der Waals surface area contributed by atoms with Crippen LogP contribution in [-0.4, -0.2) is 50.4 Å². The molecular weight excluding hydrogens is 476 g/mol. The molecule has 0 aromatic rings. The molecular formula is C28H36N2O7. The number of hydrogen-bond acceptors (Lipinski definition) is 7. The molecule has 0 fully saturated rings. The van der Waals surface area contributed by atoms with Crippen molar-refractivity contribution in [3.63, 3.8) is 0 Å². The van der Waals surface area contributed by atoms with Crippen molar-refractivity contribution >= 4 is 23.4 Å². The summed E-state index contributed by atoms with van der Waals surface area (Å²) in [6.45, 7) is 5.78.